The first-order valence-electron chi connectivity index (χ1n) is 34.4. The number of aromatic nitrogens is 24. The van der Waals surface area contributed by atoms with E-state index in [4.69, 9.17) is 222 Å². The van der Waals surface area contributed by atoms with Crippen LogP contribution in [0.4, 0.5) is 35.4 Å². The molecule has 0 aliphatic carbocycles. The number of ether oxygens (including phenoxy) is 6. The lowest BCUT2D eigenvalue weighted by Gasteiger charge is -2.23. The maximum atomic E-state index is 14.5. The van der Waals surface area contributed by atoms with Crippen LogP contribution < -0.4 is 22.8 Å². The first-order valence-corrected chi connectivity index (χ1v) is 39.3. The number of hydrogen-bond acceptors (Lipinski definition) is 39. The average Bonchev–Trinajstić information content (AvgIpc) is 2.51. The van der Waals surface area contributed by atoms with Crippen molar-refractivity contribution in [3.8, 4) is 0 Å². The standard InChI is InChI=1S/C10H10Cl3N5O3.C10H9Cl3N4O3.C10H10Cl2FN5O3.2C10H9Cl2FN4O3.C10H11ClFN5O4/c11-6-4-7(17-9(14)16-6)18(2-15-4)8-10(12,13)5(20)3(1-19)21-8;11-7-5-8(15-2-14-7)17(3-16-5)9-10(12,13)6(19)4(1-18)20-9;11-6-4-7(17-9(14)16-6)18(2-15-4)8-10(12,13)5(20)3(1-19)21-8;2*11-7-5-8(15-2-14-7)17(3-16-5)9-10(12,13)6(19)4(1-18)20-9;11-10(12)5(19)3(1-18)21-8(10)17-2-14-4-6(17)15-9(13)16-7(4)20/h2-3,5,8,19-20H,1H2,(H2,14,16,17);2-4,6,9,18-19H,1H2;2-3,5,8,19-20H,1H2,(H2,14,16,17);2*2-4,6,9,18-19H,1H2;2-3,5,8,18-19H,1H2,(H3,13,15,16,20)/t3-,5-,8-;4-,6-,9-;3-,5-,8-,10+;4-,6-,9-,10+;4-,6-,9-,10-;3-,5-,8-,10+/m111111/s1. The van der Waals surface area contributed by atoms with Crippen molar-refractivity contribution in [2.75, 3.05) is 56.8 Å². The molecule has 6 fully saturated rings. The minimum Gasteiger partial charge on any atom is -0.394 e. The molecule has 0 unspecified atom stereocenters. The lowest BCUT2D eigenvalue weighted by Crippen LogP contribution is -2.38. The van der Waals surface area contributed by atoms with Crippen LogP contribution in [0.5, 0.6) is 0 Å². The van der Waals surface area contributed by atoms with Crippen LogP contribution >= 0.6 is 151 Å². The van der Waals surface area contributed by atoms with E-state index in [-0.39, 0.29) is 93.9 Å². The van der Waals surface area contributed by atoms with Gasteiger partial charge in [-0.2, -0.15) is 24.9 Å². The van der Waals surface area contributed by atoms with E-state index in [9.17, 15) is 58.1 Å². The molecule has 123 heavy (non-hydrogen) atoms. The first-order chi connectivity index (χ1) is 58.0. The van der Waals surface area contributed by atoms with Crippen LogP contribution in [0.3, 0.4) is 0 Å². The third kappa shape index (κ3) is 17.2. The summed E-state index contributed by atoms with van der Waals surface area (Å²) in [5.74, 6) is -0.377. The van der Waals surface area contributed by atoms with Crippen molar-refractivity contribution in [3.63, 3.8) is 0 Å². The van der Waals surface area contributed by atoms with E-state index in [1.807, 2.05) is 0 Å². The number of nitrogen functional groups attached to an aromatic ring is 3. The van der Waals surface area contributed by atoms with Crippen molar-refractivity contribution in [2.45, 2.75) is 140 Å². The molecule has 0 amide bonds. The molecule has 18 heterocycles. The van der Waals surface area contributed by atoms with Crippen LogP contribution in [-0.2, 0) is 28.4 Å². The third-order valence-electron chi connectivity index (χ3n) is 19.1. The van der Waals surface area contributed by atoms with Gasteiger partial charge >= 0.3 is 0 Å². The van der Waals surface area contributed by atoms with E-state index >= 15 is 0 Å². The summed E-state index contributed by atoms with van der Waals surface area (Å²) < 4.78 is 93.9. The zero-order valence-corrected chi connectivity index (χ0v) is 70.3. The lowest BCUT2D eigenvalue weighted by atomic mass is 10.1. The fourth-order valence-electron chi connectivity index (χ4n) is 12.9. The van der Waals surface area contributed by atoms with Gasteiger partial charge in [0, 0.05) is 0 Å². The molecule has 0 radical (unpaired) electrons. The van der Waals surface area contributed by atoms with Gasteiger partial charge in [0.15, 0.2) is 111 Å². The number of aromatic amines is 1. The Morgan fingerprint density at radius 1 is 0.325 bits per heavy atom. The Morgan fingerprint density at radius 3 is 0.821 bits per heavy atom. The highest BCUT2D eigenvalue weighted by atomic mass is 35.5. The summed E-state index contributed by atoms with van der Waals surface area (Å²) in [7, 11) is 0. The minimum absolute atomic E-state index is 0.00691. The molecule has 12 aromatic rings. The van der Waals surface area contributed by atoms with Crippen LogP contribution in [0.2, 0.25) is 25.8 Å². The Labute approximate surface area is 744 Å². The number of nitrogens with one attached hydrogen (secondary N) is 1. The summed E-state index contributed by atoms with van der Waals surface area (Å²) in [5, 5.41) is 103. The molecule has 63 heteroatoms. The lowest BCUT2D eigenvalue weighted by molar-refractivity contribution is -0.0482. The first kappa shape index (κ1) is 93.9. The van der Waals surface area contributed by atoms with Crippen LogP contribution in [0.25, 0.3) is 67.0 Å². The van der Waals surface area contributed by atoms with Gasteiger partial charge in [-0.25, -0.2) is 77.4 Å². The number of rotatable bonds is 12. The smallest absolute Gasteiger partial charge is 0.280 e. The molecule has 12 aromatic heterocycles. The van der Waals surface area contributed by atoms with E-state index in [2.05, 4.69) is 89.7 Å². The minimum atomic E-state index is -2.72. The summed E-state index contributed by atoms with van der Waals surface area (Å²) in [5.41, 5.74) is 18.3. The monoisotopic (exact) mass is 1990 g/mol. The number of anilines is 3. The van der Waals surface area contributed by atoms with Crippen molar-refractivity contribution < 1.29 is 107 Å². The molecule has 0 aromatic carbocycles. The molecule has 6 aliphatic rings. The van der Waals surface area contributed by atoms with Gasteiger partial charge in [-0.05, 0) is 0 Å². The fourth-order valence-corrected chi connectivity index (χ4v) is 16.3. The molecule has 0 spiro atoms. The summed E-state index contributed by atoms with van der Waals surface area (Å²) in [6, 6.07) is 0. The molecule has 46 nitrogen and oxygen atoms in total. The molecule has 6 aliphatic heterocycles. The zero-order valence-electron chi connectivity index (χ0n) is 60.5. The summed E-state index contributed by atoms with van der Waals surface area (Å²) in [4.78, 5) is 80.3. The number of alkyl halides is 12. The van der Waals surface area contributed by atoms with E-state index < -0.39 is 185 Å². The van der Waals surface area contributed by atoms with Gasteiger partial charge in [-0.3, -0.25) is 37.2 Å². The van der Waals surface area contributed by atoms with Crippen LogP contribution in [-0.4, -0.2) is 320 Å². The largest absolute Gasteiger partial charge is 0.394 e. The van der Waals surface area contributed by atoms with E-state index in [0.717, 1.165) is 15.5 Å². The molecule has 0 bridgehead atoms. The number of aliphatic hydroxyl groups is 12. The van der Waals surface area contributed by atoms with Gasteiger partial charge < -0.3 is 107 Å². The highest BCUT2D eigenvalue weighted by molar-refractivity contribution is 6.50. The highest BCUT2D eigenvalue weighted by Gasteiger charge is 2.62. The number of aliphatic hydroxyl groups excluding tert-OH is 12. The number of nitrogens with two attached hydrogens (primary N) is 3. The summed E-state index contributed by atoms with van der Waals surface area (Å²) >= 11 is 76.8. The SMILES string of the molecule is Nc1nc(Cl)c2ncn([C@@H]3O[C@H](CO)[C@@H](O)C3(Cl)Cl)c2n1.Nc1nc(Cl)c2ncn([C@@H]3O[C@H](CO)[C@@H](O)[C@@]3(F)Cl)c2n1.Nc1nc2c(ncn2[C@@H]2O[C@H](CO)[C@@H](O)[C@@]2(F)Cl)c(=O)[nH]1.OC[C@H]1O[C@@H](n2cnc3c(Cl)ncnc32)C(Cl)(Cl)[C@@H]1O.OC[C@H]1O[C@@H](n2cnc3c(Cl)ncnc32)[C@@](F)(Cl)[C@@H]1O.OC[C@H]1O[C@@H](n2cnc3c(Cl)ncnc32)[C@](F)(Cl)[C@@H]1O. The maximum absolute atomic E-state index is 14.5. The number of fused-ring (bicyclic) bond motifs is 6. The molecule has 666 valence electrons. The molecular formula is C60H58Cl13F4N27O19. The second-order valence-corrected chi connectivity index (χ2v) is 33.6. The fraction of sp³-hybridized carbons (Fsp3) is 0.500. The van der Waals surface area contributed by atoms with E-state index in [0.29, 0.717) is 16.7 Å². The second-order valence-electron chi connectivity index (χ2n) is 26.6. The van der Waals surface area contributed by atoms with Crippen molar-refractivity contribution in [2.24, 2.45) is 0 Å². The Kier molecular flexibility index (Phi) is 27.8. The van der Waals surface area contributed by atoms with Gasteiger partial charge in [0.2, 0.25) is 17.8 Å². The van der Waals surface area contributed by atoms with Gasteiger partial charge in [-0.1, -0.05) is 151 Å². The average molecular weight is 2000 g/mol. The number of imidazole rings is 6. The predicted molar refractivity (Wildman–Crippen MR) is 423 cm³/mol. The van der Waals surface area contributed by atoms with Crippen molar-refractivity contribution >= 4 is 236 Å². The highest BCUT2D eigenvalue weighted by Crippen LogP contribution is 2.52. The van der Waals surface area contributed by atoms with Crippen LogP contribution in [0.1, 0.15) is 37.4 Å². The normalized spacial score (nSPS) is 31.8. The molecule has 0 saturated carbocycles. The predicted octanol–water partition coefficient (Wildman–Crippen LogP) is 1.73. The van der Waals surface area contributed by atoms with Crippen LogP contribution in [0, 0.1) is 0 Å². The Bertz CT molecular complexity index is 5510. The van der Waals surface area contributed by atoms with Gasteiger partial charge in [-0.15, -0.1) is 0 Å². The van der Waals surface area contributed by atoms with Crippen molar-refractivity contribution in [3.05, 3.63) is 93.1 Å². The molecule has 6 saturated heterocycles. The Balaban J connectivity index is 0.000000127. The third-order valence-corrected chi connectivity index (χ3v) is 23.7. The van der Waals surface area contributed by atoms with Gasteiger partial charge in [0.05, 0.1) is 77.6 Å². The topological polar surface area (TPSA) is 658 Å². The zero-order chi connectivity index (χ0) is 89.6. The number of halogens is 17. The summed E-state index contributed by atoms with van der Waals surface area (Å²) in [6.45, 7) is -3.22. The number of H-pyrrole nitrogens is 1. The molecule has 22 atom stereocenters. The van der Waals surface area contributed by atoms with Crippen molar-refractivity contribution in [1.82, 2.24) is 117 Å². The van der Waals surface area contributed by atoms with Gasteiger partial charge in [0.1, 0.15) is 120 Å². The molecular weight excluding hydrogens is 1940 g/mol. The van der Waals surface area contributed by atoms with Crippen molar-refractivity contribution in [1.29, 1.82) is 0 Å². The van der Waals surface area contributed by atoms with E-state index in [1.165, 1.54) is 68.9 Å². The molecule has 18 rings (SSSR count). The Hall–Kier alpha value is -6.73. The van der Waals surface area contributed by atoms with E-state index in [1.54, 1.807) is 0 Å². The quantitative estimate of drug-likeness (QED) is 0.0470. The second kappa shape index (κ2) is 36.4. The number of nitrogens with zero attached hydrogens (tertiary/aromatic N) is 23. The van der Waals surface area contributed by atoms with Crippen LogP contribution in [0.15, 0.2) is 61.7 Å². The molecule has 19 N–H and O–H groups in total. The summed E-state index contributed by atoms with van der Waals surface area (Å²) in [6.07, 6.45) is -12.5. The maximum Gasteiger partial charge on any atom is 0.280 e. The van der Waals surface area contributed by atoms with Gasteiger partial charge in [0.25, 0.3) is 26.1 Å². The number of hydrogen-bond donors (Lipinski definition) is 16. The Morgan fingerprint density at radius 2 is 0.553 bits per heavy atom.